The van der Waals surface area contributed by atoms with E-state index in [1.165, 1.54) is 0 Å². The van der Waals surface area contributed by atoms with Crippen molar-refractivity contribution >= 4 is 5.82 Å². The lowest BCUT2D eigenvalue weighted by molar-refractivity contribution is 0.875. The van der Waals surface area contributed by atoms with Crippen molar-refractivity contribution < 1.29 is 0 Å². The standard InChI is InChI=1S/C9H15N3/c1-6(2)11-9-7(3)5-10-8(4)12-9/h5-6H,1-4H3,(H,10,11,12). The molecule has 0 bridgehead atoms. The molecule has 0 fully saturated rings. The van der Waals surface area contributed by atoms with Crippen molar-refractivity contribution in [2.75, 3.05) is 5.32 Å². The van der Waals surface area contributed by atoms with Gasteiger partial charge in [-0.25, -0.2) is 9.97 Å². The van der Waals surface area contributed by atoms with Gasteiger partial charge in [0.2, 0.25) is 0 Å². The predicted octanol–water partition coefficient (Wildman–Crippen LogP) is 1.91. The number of aryl methyl sites for hydroxylation is 2. The Kier molecular flexibility index (Phi) is 2.63. The molecule has 1 heterocycles. The summed E-state index contributed by atoms with van der Waals surface area (Å²) < 4.78 is 0. The smallest absolute Gasteiger partial charge is 0.132 e. The van der Waals surface area contributed by atoms with Crippen LogP contribution >= 0.6 is 0 Å². The van der Waals surface area contributed by atoms with E-state index in [0.29, 0.717) is 6.04 Å². The molecule has 0 aliphatic rings. The Morgan fingerprint density at radius 2 is 2.00 bits per heavy atom. The summed E-state index contributed by atoms with van der Waals surface area (Å²) in [6.07, 6.45) is 1.84. The van der Waals surface area contributed by atoms with E-state index in [9.17, 15) is 0 Å². The maximum absolute atomic E-state index is 4.29. The minimum atomic E-state index is 0.415. The Balaban J connectivity index is 2.90. The van der Waals surface area contributed by atoms with Crippen LogP contribution < -0.4 is 5.32 Å². The van der Waals surface area contributed by atoms with Crippen LogP contribution in [0.4, 0.5) is 5.82 Å². The molecular weight excluding hydrogens is 150 g/mol. The van der Waals surface area contributed by atoms with Crippen LogP contribution in [0, 0.1) is 13.8 Å². The Labute approximate surface area is 73.2 Å². The van der Waals surface area contributed by atoms with Gasteiger partial charge in [0.1, 0.15) is 11.6 Å². The zero-order valence-electron chi connectivity index (χ0n) is 8.05. The second-order valence-electron chi connectivity index (χ2n) is 3.25. The molecule has 1 rings (SSSR count). The lowest BCUT2D eigenvalue weighted by atomic mass is 10.3. The number of hydrogen-bond donors (Lipinski definition) is 1. The monoisotopic (exact) mass is 165 g/mol. The van der Waals surface area contributed by atoms with Crippen LogP contribution in [0.1, 0.15) is 25.2 Å². The molecule has 0 unspecified atom stereocenters. The van der Waals surface area contributed by atoms with E-state index in [-0.39, 0.29) is 0 Å². The fraction of sp³-hybridized carbons (Fsp3) is 0.556. The number of anilines is 1. The van der Waals surface area contributed by atoms with Gasteiger partial charge in [-0.3, -0.25) is 0 Å². The van der Waals surface area contributed by atoms with Crippen LogP contribution in [-0.4, -0.2) is 16.0 Å². The van der Waals surface area contributed by atoms with E-state index in [4.69, 9.17) is 0 Å². The average Bonchev–Trinajstić information content (AvgIpc) is 1.96. The molecule has 0 atom stereocenters. The largest absolute Gasteiger partial charge is 0.368 e. The Morgan fingerprint density at radius 3 is 2.58 bits per heavy atom. The van der Waals surface area contributed by atoms with Gasteiger partial charge in [-0.15, -0.1) is 0 Å². The van der Waals surface area contributed by atoms with E-state index < -0.39 is 0 Å². The molecule has 0 radical (unpaired) electrons. The highest BCUT2D eigenvalue weighted by Crippen LogP contribution is 2.10. The van der Waals surface area contributed by atoms with E-state index >= 15 is 0 Å². The van der Waals surface area contributed by atoms with Crippen LogP contribution in [0.25, 0.3) is 0 Å². The number of hydrogen-bond acceptors (Lipinski definition) is 3. The summed E-state index contributed by atoms with van der Waals surface area (Å²) in [5, 5.41) is 3.26. The fourth-order valence-corrected chi connectivity index (χ4v) is 0.950. The molecule has 3 heteroatoms. The highest BCUT2D eigenvalue weighted by atomic mass is 15.0. The normalized spacial score (nSPS) is 10.4. The lowest BCUT2D eigenvalue weighted by Gasteiger charge is -2.11. The first-order chi connectivity index (χ1) is 5.59. The SMILES string of the molecule is Cc1ncc(C)c(NC(C)C)n1. The minimum absolute atomic E-state index is 0.415. The van der Waals surface area contributed by atoms with E-state index in [1.54, 1.807) is 0 Å². The van der Waals surface area contributed by atoms with Gasteiger partial charge in [0.05, 0.1) is 0 Å². The molecule has 0 saturated heterocycles. The lowest BCUT2D eigenvalue weighted by Crippen LogP contribution is -2.12. The predicted molar refractivity (Wildman–Crippen MR) is 50.3 cm³/mol. The molecule has 0 spiro atoms. The van der Waals surface area contributed by atoms with E-state index in [1.807, 2.05) is 20.0 Å². The van der Waals surface area contributed by atoms with Gasteiger partial charge in [-0.05, 0) is 27.7 Å². The fourth-order valence-electron chi connectivity index (χ4n) is 0.950. The zero-order valence-corrected chi connectivity index (χ0v) is 8.05. The van der Waals surface area contributed by atoms with Gasteiger partial charge in [0.15, 0.2) is 0 Å². The summed E-state index contributed by atoms with van der Waals surface area (Å²) in [6.45, 7) is 8.09. The average molecular weight is 165 g/mol. The van der Waals surface area contributed by atoms with Gasteiger partial charge in [0.25, 0.3) is 0 Å². The summed E-state index contributed by atoms with van der Waals surface area (Å²) in [4.78, 5) is 8.39. The molecule has 0 amide bonds. The number of nitrogens with one attached hydrogen (secondary N) is 1. The second kappa shape index (κ2) is 3.52. The van der Waals surface area contributed by atoms with Crippen molar-refractivity contribution in [3.63, 3.8) is 0 Å². The summed E-state index contributed by atoms with van der Waals surface area (Å²) in [5.41, 5.74) is 1.09. The molecule has 0 aliphatic heterocycles. The summed E-state index contributed by atoms with van der Waals surface area (Å²) in [5.74, 6) is 1.75. The molecule has 0 aliphatic carbocycles. The number of nitrogens with zero attached hydrogens (tertiary/aromatic N) is 2. The van der Waals surface area contributed by atoms with Crippen LogP contribution in [-0.2, 0) is 0 Å². The summed E-state index contributed by atoms with van der Waals surface area (Å²) in [6, 6.07) is 0.415. The zero-order chi connectivity index (χ0) is 9.14. The first kappa shape index (κ1) is 8.97. The highest BCUT2D eigenvalue weighted by Gasteiger charge is 2.01. The Hall–Kier alpha value is -1.12. The van der Waals surface area contributed by atoms with Gasteiger partial charge in [-0.2, -0.15) is 0 Å². The van der Waals surface area contributed by atoms with Gasteiger partial charge in [0, 0.05) is 17.8 Å². The molecule has 0 saturated carbocycles. The van der Waals surface area contributed by atoms with Crippen molar-refractivity contribution in [2.45, 2.75) is 33.7 Å². The number of aromatic nitrogens is 2. The molecule has 0 aromatic carbocycles. The quantitative estimate of drug-likeness (QED) is 0.727. The summed E-state index contributed by atoms with van der Waals surface area (Å²) >= 11 is 0. The molecular formula is C9H15N3. The van der Waals surface area contributed by atoms with E-state index in [0.717, 1.165) is 17.2 Å². The van der Waals surface area contributed by atoms with Crippen molar-refractivity contribution in [1.29, 1.82) is 0 Å². The highest BCUT2D eigenvalue weighted by molar-refractivity contribution is 5.42. The molecule has 1 aromatic heterocycles. The number of rotatable bonds is 2. The van der Waals surface area contributed by atoms with Crippen molar-refractivity contribution in [3.8, 4) is 0 Å². The first-order valence-corrected chi connectivity index (χ1v) is 4.16. The van der Waals surface area contributed by atoms with Crippen molar-refractivity contribution in [1.82, 2.24) is 9.97 Å². The third-order valence-electron chi connectivity index (χ3n) is 1.52. The molecule has 3 nitrogen and oxygen atoms in total. The minimum Gasteiger partial charge on any atom is -0.368 e. The molecule has 12 heavy (non-hydrogen) atoms. The molecule has 1 N–H and O–H groups in total. The van der Waals surface area contributed by atoms with Gasteiger partial charge < -0.3 is 5.32 Å². The Bertz CT molecular complexity index is 268. The van der Waals surface area contributed by atoms with Crippen molar-refractivity contribution in [2.24, 2.45) is 0 Å². The van der Waals surface area contributed by atoms with E-state index in [2.05, 4.69) is 29.1 Å². The molecule has 66 valence electrons. The van der Waals surface area contributed by atoms with Crippen molar-refractivity contribution in [3.05, 3.63) is 17.6 Å². The summed E-state index contributed by atoms with van der Waals surface area (Å²) in [7, 11) is 0. The first-order valence-electron chi connectivity index (χ1n) is 4.16. The topological polar surface area (TPSA) is 37.8 Å². The molecule has 1 aromatic rings. The second-order valence-corrected chi connectivity index (χ2v) is 3.25. The maximum Gasteiger partial charge on any atom is 0.132 e. The van der Waals surface area contributed by atoms with Crippen LogP contribution in [0.5, 0.6) is 0 Å². The maximum atomic E-state index is 4.29. The van der Waals surface area contributed by atoms with Gasteiger partial charge in [-0.1, -0.05) is 0 Å². The third-order valence-corrected chi connectivity index (χ3v) is 1.52. The Morgan fingerprint density at radius 1 is 1.33 bits per heavy atom. The van der Waals surface area contributed by atoms with Crippen LogP contribution in [0.2, 0.25) is 0 Å². The third kappa shape index (κ3) is 2.19. The van der Waals surface area contributed by atoms with Crippen LogP contribution in [0.3, 0.4) is 0 Å². The van der Waals surface area contributed by atoms with Gasteiger partial charge >= 0.3 is 0 Å². The van der Waals surface area contributed by atoms with Crippen LogP contribution in [0.15, 0.2) is 6.20 Å².